The number of hydrogen-bond acceptors (Lipinski definition) is 8. The van der Waals surface area contributed by atoms with Crippen LogP contribution in [0.3, 0.4) is 0 Å². The Kier molecular flexibility index (Phi) is 8.61. The van der Waals surface area contributed by atoms with Gasteiger partial charge in [-0.2, -0.15) is 18.2 Å². The van der Waals surface area contributed by atoms with Crippen LogP contribution in [0.15, 0.2) is 66.1 Å². The molecule has 1 aliphatic rings. The number of benzene rings is 1. The fraction of sp³-hybridized carbons (Fsp3) is 0.321. The van der Waals surface area contributed by atoms with Crippen molar-refractivity contribution >= 4 is 34.4 Å². The second kappa shape index (κ2) is 12.5. The molecule has 0 bridgehead atoms. The number of aromatic nitrogens is 5. The van der Waals surface area contributed by atoms with E-state index in [1.165, 1.54) is 33.8 Å². The first-order valence-electron chi connectivity index (χ1n) is 13.6. The van der Waals surface area contributed by atoms with E-state index in [9.17, 15) is 22.8 Å². The number of piperazine rings is 1. The van der Waals surface area contributed by atoms with Gasteiger partial charge in [0.25, 0.3) is 5.56 Å². The van der Waals surface area contributed by atoms with E-state index in [0.29, 0.717) is 12.2 Å². The largest absolute Gasteiger partial charge is 0.465 e. The molecule has 0 unspecified atom stereocenters. The summed E-state index contributed by atoms with van der Waals surface area (Å²) in [6.45, 7) is 8.34. The van der Waals surface area contributed by atoms with Crippen LogP contribution in [0.1, 0.15) is 12.1 Å². The highest BCUT2D eigenvalue weighted by atomic mass is 19.4. The summed E-state index contributed by atoms with van der Waals surface area (Å²) < 4.78 is 42.6. The van der Waals surface area contributed by atoms with Crippen LogP contribution in [-0.4, -0.2) is 79.7 Å². The molecular formula is C28H30F3N9O3. The number of anilines is 3. The van der Waals surface area contributed by atoms with Crippen LogP contribution in [0.2, 0.25) is 0 Å². The van der Waals surface area contributed by atoms with E-state index >= 15 is 0 Å². The molecule has 3 aromatic heterocycles. The van der Waals surface area contributed by atoms with Crippen LogP contribution in [0, 0.1) is 0 Å². The molecule has 4 heterocycles. The lowest BCUT2D eigenvalue weighted by molar-refractivity contribution is -0.141. The average molecular weight is 598 g/mol. The fourth-order valence-corrected chi connectivity index (χ4v) is 4.92. The van der Waals surface area contributed by atoms with Crippen molar-refractivity contribution in [1.82, 2.24) is 34.5 Å². The third-order valence-corrected chi connectivity index (χ3v) is 7.01. The maximum Gasteiger partial charge on any atom is 0.433 e. The summed E-state index contributed by atoms with van der Waals surface area (Å²) in [5.41, 5.74) is 0.252. The summed E-state index contributed by atoms with van der Waals surface area (Å²) in [4.78, 5) is 40.7. The highest BCUT2D eigenvalue weighted by molar-refractivity contribution is 5.77. The standard InChI is InChI=1S/C28H30F3N9O3/c1-2-12-39-25(41)21-18-33-26(36-24(21)40(39)23-6-3-5-22(35-23)28(29,30)31)34-19-7-9-20(10-8-19)38-16-14-37(15-17-38)13-4-11-32-27(42)43/h2-3,5-10,18,32H,1,4,11-17H2,(H,42,43)(H,33,34,36). The van der Waals surface area contributed by atoms with Crippen molar-refractivity contribution in [2.75, 3.05) is 49.5 Å². The topological polar surface area (TPSA) is 133 Å². The minimum atomic E-state index is -4.66. The molecule has 4 aromatic rings. The number of allylic oxidation sites excluding steroid dienone is 1. The summed E-state index contributed by atoms with van der Waals surface area (Å²) in [5.74, 6) is 0.0394. The molecule has 0 aliphatic carbocycles. The van der Waals surface area contributed by atoms with Gasteiger partial charge in [0.15, 0.2) is 11.5 Å². The number of halogens is 3. The monoisotopic (exact) mass is 597 g/mol. The van der Waals surface area contributed by atoms with E-state index in [2.05, 4.69) is 42.0 Å². The van der Waals surface area contributed by atoms with Crippen LogP contribution < -0.4 is 21.1 Å². The summed E-state index contributed by atoms with van der Waals surface area (Å²) in [6, 6.07) is 11.1. The van der Waals surface area contributed by atoms with E-state index in [0.717, 1.165) is 50.9 Å². The van der Waals surface area contributed by atoms with Gasteiger partial charge in [-0.1, -0.05) is 12.1 Å². The Morgan fingerprint density at radius 3 is 2.49 bits per heavy atom. The number of fused-ring (bicyclic) bond motifs is 1. The van der Waals surface area contributed by atoms with Gasteiger partial charge in [0.2, 0.25) is 5.95 Å². The van der Waals surface area contributed by atoms with Crippen LogP contribution >= 0.6 is 0 Å². The summed E-state index contributed by atoms with van der Waals surface area (Å²) in [5, 5.41) is 14.3. The molecule has 1 amide bonds. The second-order valence-corrected chi connectivity index (χ2v) is 9.88. The Morgan fingerprint density at radius 2 is 1.81 bits per heavy atom. The highest BCUT2D eigenvalue weighted by Crippen LogP contribution is 2.28. The van der Waals surface area contributed by atoms with Crippen molar-refractivity contribution in [1.29, 1.82) is 0 Å². The lowest BCUT2D eigenvalue weighted by Gasteiger charge is -2.36. The first-order chi connectivity index (χ1) is 20.6. The molecule has 3 N–H and O–H groups in total. The number of alkyl halides is 3. The van der Waals surface area contributed by atoms with Crippen molar-refractivity contribution in [2.45, 2.75) is 19.1 Å². The van der Waals surface area contributed by atoms with Crippen LogP contribution in [0.4, 0.5) is 35.3 Å². The molecule has 0 spiro atoms. The molecular weight excluding hydrogens is 567 g/mol. The summed E-state index contributed by atoms with van der Waals surface area (Å²) >= 11 is 0. The first kappa shape index (κ1) is 29.6. The molecule has 12 nitrogen and oxygen atoms in total. The van der Waals surface area contributed by atoms with Crippen molar-refractivity contribution < 1.29 is 23.1 Å². The van der Waals surface area contributed by atoms with Gasteiger partial charge in [-0.05, 0) is 49.4 Å². The van der Waals surface area contributed by atoms with Crippen molar-refractivity contribution in [2.24, 2.45) is 0 Å². The lowest BCUT2D eigenvalue weighted by Crippen LogP contribution is -2.47. The van der Waals surface area contributed by atoms with Gasteiger partial charge >= 0.3 is 12.3 Å². The molecule has 1 aromatic carbocycles. The fourth-order valence-electron chi connectivity index (χ4n) is 4.92. The first-order valence-corrected chi connectivity index (χ1v) is 13.6. The number of amides is 1. The van der Waals surface area contributed by atoms with Gasteiger partial charge in [-0.25, -0.2) is 24.1 Å². The number of carboxylic acid groups (broad SMARTS) is 1. The SMILES string of the molecule is C=CCn1c(=O)c2cnc(Nc3ccc(N4CCN(CCCNC(=O)O)CC4)cc3)nc2n1-c1cccc(C(F)(F)F)n1. The van der Waals surface area contributed by atoms with Gasteiger partial charge < -0.3 is 20.6 Å². The van der Waals surface area contributed by atoms with Gasteiger partial charge in [0, 0.05) is 50.3 Å². The molecule has 1 aliphatic heterocycles. The van der Waals surface area contributed by atoms with Crippen molar-refractivity contribution in [3.05, 3.63) is 77.4 Å². The van der Waals surface area contributed by atoms with Crippen LogP contribution in [0.25, 0.3) is 16.9 Å². The third kappa shape index (κ3) is 6.77. The Bertz CT molecular complexity index is 1660. The number of carbonyl (C=O) groups is 1. The van der Waals surface area contributed by atoms with Crippen LogP contribution in [-0.2, 0) is 12.7 Å². The maximum absolute atomic E-state index is 13.4. The van der Waals surface area contributed by atoms with E-state index in [4.69, 9.17) is 5.11 Å². The van der Waals surface area contributed by atoms with Gasteiger partial charge in [-0.15, -0.1) is 6.58 Å². The molecule has 226 valence electrons. The Balaban J connectivity index is 1.32. The number of pyridine rings is 1. The highest BCUT2D eigenvalue weighted by Gasteiger charge is 2.33. The quantitative estimate of drug-likeness (QED) is 0.185. The molecule has 1 fully saturated rings. The van der Waals surface area contributed by atoms with E-state index in [1.54, 1.807) is 0 Å². The molecule has 1 saturated heterocycles. The molecule has 5 rings (SSSR count). The minimum Gasteiger partial charge on any atom is -0.465 e. The van der Waals surface area contributed by atoms with Gasteiger partial charge in [0.05, 0.1) is 6.54 Å². The predicted octanol–water partition coefficient (Wildman–Crippen LogP) is 3.71. The lowest BCUT2D eigenvalue weighted by atomic mass is 10.2. The molecule has 15 heteroatoms. The third-order valence-electron chi connectivity index (χ3n) is 7.01. The Morgan fingerprint density at radius 1 is 1.07 bits per heavy atom. The van der Waals surface area contributed by atoms with E-state index in [1.807, 2.05) is 24.3 Å². The van der Waals surface area contributed by atoms with Crippen molar-refractivity contribution in [3.8, 4) is 5.82 Å². The molecule has 0 saturated carbocycles. The number of nitrogens with one attached hydrogen (secondary N) is 2. The summed E-state index contributed by atoms with van der Waals surface area (Å²) in [6.07, 6.45) is -2.12. The Hall–Kier alpha value is -4.92. The normalized spacial score (nSPS) is 14.2. The molecule has 43 heavy (non-hydrogen) atoms. The number of rotatable bonds is 10. The molecule has 0 atom stereocenters. The van der Waals surface area contributed by atoms with Gasteiger partial charge in [-0.3, -0.25) is 9.69 Å². The van der Waals surface area contributed by atoms with Crippen LogP contribution in [0.5, 0.6) is 0 Å². The van der Waals surface area contributed by atoms with Crippen molar-refractivity contribution in [3.63, 3.8) is 0 Å². The minimum absolute atomic E-state index is 0.0214. The zero-order valence-corrected chi connectivity index (χ0v) is 23.1. The Labute approximate surface area is 244 Å². The zero-order chi connectivity index (χ0) is 30.6. The second-order valence-electron chi connectivity index (χ2n) is 9.88. The predicted molar refractivity (Wildman–Crippen MR) is 155 cm³/mol. The average Bonchev–Trinajstić information content (AvgIpc) is 3.26. The number of nitrogens with zero attached hydrogens (tertiary/aromatic N) is 7. The zero-order valence-electron chi connectivity index (χ0n) is 23.1. The van der Waals surface area contributed by atoms with E-state index < -0.39 is 23.5 Å². The van der Waals surface area contributed by atoms with E-state index in [-0.39, 0.29) is 29.3 Å². The smallest absolute Gasteiger partial charge is 0.433 e. The maximum atomic E-state index is 13.4. The molecule has 0 radical (unpaired) electrons. The van der Waals surface area contributed by atoms with Gasteiger partial charge in [0.1, 0.15) is 11.1 Å². The number of hydrogen-bond donors (Lipinski definition) is 3. The summed E-state index contributed by atoms with van der Waals surface area (Å²) in [7, 11) is 0.